The number of nitrogens with zero attached hydrogens (tertiary/aromatic N) is 2. The van der Waals surface area contributed by atoms with Crippen molar-refractivity contribution >= 4 is 22.9 Å². The van der Waals surface area contributed by atoms with E-state index in [0.717, 1.165) is 37.4 Å². The number of carbonyl (C=O) groups excluding carboxylic acids is 1. The lowest BCUT2D eigenvalue weighted by Crippen LogP contribution is -3.00. The Balaban J connectivity index is 0.00000588. The number of benzene rings is 2. The molecule has 4 nitrogen and oxygen atoms in total. The van der Waals surface area contributed by atoms with Crippen molar-refractivity contribution in [2.45, 2.75) is 111 Å². The minimum atomic E-state index is 0. The number of thiazole rings is 1. The molecule has 0 saturated heterocycles. The summed E-state index contributed by atoms with van der Waals surface area (Å²) in [6.07, 6.45) is 19.2. The summed E-state index contributed by atoms with van der Waals surface area (Å²) < 4.78 is 8.26. The lowest BCUT2D eigenvalue weighted by molar-refractivity contribution is -0.683. The first-order chi connectivity index (χ1) is 19.5. The Labute approximate surface area is 263 Å². The molecule has 0 radical (unpaired) electrons. The highest BCUT2D eigenvalue weighted by molar-refractivity contribution is 7.09. The average Bonchev–Trinajstić information content (AvgIpc) is 3.36. The van der Waals surface area contributed by atoms with Crippen molar-refractivity contribution in [3.8, 4) is 5.75 Å². The van der Waals surface area contributed by atoms with Crippen LogP contribution in [0.2, 0.25) is 0 Å². The fraction of sp³-hybridized carbons (Fsp3) is 0.543. The van der Waals surface area contributed by atoms with Crippen molar-refractivity contribution in [2.75, 3.05) is 18.1 Å². The van der Waals surface area contributed by atoms with E-state index in [0.29, 0.717) is 6.54 Å². The number of anilines is 1. The highest BCUT2D eigenvalue weighted by Gasteiger charge is 2.13. The molecule has 1 heterocycles. The van der Waals surface area contributed by atoms with Crippen LogP contribution >= 0.6 is 11.3 Å². The second-order valence-corrected chi connectivity index (χ2v) is 12.2. The van der Waals surface area contributed by atoms with Gasteiger partial charge in [-0.1, -0.05) is 113 Å². The van der Waals surface area contributed by atoms with Crippen molar-refractivity contribution in [3.05, 3.63) is 76.2 Å². The van der Waals surface area contributed by atoms with Crippen LogP contribution in [0.4, 0.5) is 5.69 Å². The van der Waals surface area contributed by atoms with Gasteiger partial charge in [-0.3, -0.25) is 4.79 Å². The molecule has 0 N–H and O–H groups in total. The Kier molecular flexibility index (Phi) is 17.6. The molecular weight excluding hydrogens is 592 g/mol. The monoisotopic (exact) mass is 642 g/mol. The topological polar surface area (TPSA) is 33.4 Å². The maximum atomic E-state index is 12.5. The summed E-state index contributed by atoms with van der Waals surface area (Å²) in [6, 6.07) is 16.7. The number of carbonyl (C=O) groups is 1. The molecule has 0 unspecified atom stereocenters. The van der Waals surface area contributed by atoms with Crippen LogP contribution in [-0.4, -0.2) is 19.1 Å². The van der Waals surface area contributed by atoms with Gasteiger partial charge in [0.2, 0.25) is 11.4 Å². The van der Waals surface area contributed by atoms with Gasteiger partial charge in [0.1, 0.15) is 5.75 Å². The smallest absolute Gasteiger partial charge is 0.225 e. The summed E-state index contributed by atoms with van der Waals surface area (Å²) in [7, 11) is 0. The zero-order valence-electron chi connectivity index (χ0n) is 25.6. The molecule has 0 fully saturated rings. The van der Waals surface area contributed by atoms with Crippen LogP contribution in [-0.2, 0) is 17.8 Å². The minimum absolute atomic E-state index is 0. The summed E-state index contributed by atoms with van der Waals surface area (Å²) in [5.41, 5.74) is 5.51. The number of hydrogen-bond donors (Lipinski definition) is 0. The maximum Gasteiger partial charge on any atom is 0.225 e. The predicted octanol–water partition coefficient (Wildman–Crippen LogP) is 6.07. The van der Waals surface area contributed by atoms with Crippen LogP contribution in [0.25, 0.3) is 0 Å². The van der Waals surface area contributed by atoms with E-state index in [-0.39, 0.29) is 22.9 Å². The van der Waals surface area contributed by atoms with Crippen LogP contribution in [0.15, 0.2) is 60.2 Å². The molecule has 0 saturated carbocycles. The van der Waals surface area contributed by atoms with E-state index < -0.39 is 0 Å². The van der Waals surface area contributed by atoms with Crippen molar-refractivity contribution in [1.29, 1.82) is 0 Å². The summed E-state index contributed by atoms with van der Waals surface area (Å²) in [5.74, 6) is 0.996. The van der Waals surface area contributed by atoms with Crippen LogP contribution in [0.5, 0.6) is 5.75 Å². The van der Waals surface area contributed by atoms with Gasteiger partial charge in [0, 0.05) is 24.7 Å². The molecule has 0 atom stereocenters. The summed E-state index contributed by atoms with van der Waals surface area (Å²) >= 11 is 1.75. The summed E-state index contributed by atoms with van der Waals surface area (Å²) in [5, 5.41) is 0. The van der Waals surface area contributed by atoms with Crippen LogP contribution in [0, 0.1) is 6.92 Å². The van der Waals surface area contributed by atoms with Crippen molar-refractivity contribution in [1.82, 2.24) is 0 Å². The maximum absolute atomic E-state index is 12.5. The van der Waals surface area contributed by atoms with E-state index in [9.17, 15) is 4.79 Å². The first kappa shape index (κ1) is 35.0. The Morgan fingerprint density at radius 3 is 2.07 bits per heavy atom. The van der Waals surface area contributed by atoms with Gasteiger partial charge >= 0.3 is 0 Å². The fourth-order valence-corrected chi connectivity index (χ4v) is 5.79. The number of aryl methyl sites for hydroxylation is 1. The molecule has 0 aliphatic carbocycles. The first-order valence-corrected chi connectivity index (χ1v) is 16.5. The number of ether oxygens (including phenoxy) is 1. The molecule has 41 heavy (non-hydrogen) atoms. The van der Waals surface area contributed by atoms with Crippen LogP contribution < -0.4 is 31.2 Å². The van der Waals surface area contributed by atoms with E-state index in [1.807, 2.05) is 11.0 Å². The normalized spacial score (nSPS) is 10.8. The highest BCUT2D eigenvalue weighted by atomic mass is 79.9. The molecule has 2 aromatic carbocycles. The first-order valence-electron chi connectivity index (χ1n) is 15.6. The number of aromatic nitrogens is 1. The van der Waals surface area contributed by atoms with Gasteiger partial charge in [0.15, 0.2) is 12.7 Å². The van der Waals surface area contributed by atoms with Gasteiger partial charge in [-0.05, 0) is 49.6 Å². The molecule has 0 spiro atoms. The van der Waals surface area contributed by atoms with Gasteiger partial charge in [0.25, 0.3) is 0 Å². The summed E-state index contributed by atoms with van der Waals surface area (Å²) in [6.45, 7) is 8.31. The molecule has 6 heteroatoms. The largest absolute Gasteiger partial charge is 1.00 e. The van der Waals surface area contributed by atoms with Gasteiger partial charge in [-0.15, -0.1) is 0 Å². The Morgan fingerprint density at radius 1 is 0.854 bits per heavy atom. The molecule has 1 amide bonds. The Hall–Kier alpha value is -2.18. The fourth-order valence-electron chi connectivity index (χ4n) is 5.15. The Bertz CT molecular complexity index is 1120. The van der Waals surface area contributed by atoms with E-state index in [1.165, 1.54) is 86.6 Å². The van der Waals surface area contributed by atoms with Crippen LogP contribution in [0.1, 0.15) is 107 Å². The average molecular weight is 644 g/mol. The van der Waals surface area contributed by atoms with Gasteiger partial charge < -0.3 is 26.6 Å². The van der Waals surface area contributed by atoms with Crippen LogP contribution in [0.3, 0.4) is 0 Å². The van der Waals surface area contributed by atoms with E-state index in [4.69, 9.17) is 4.74 Å². The van der Waals surface area contributed by atoms with Crippen molar-refractivity contribution in [3.63, 3.8) is 0 Å². The molecule has 0 aliphatic heterocycles. The van der Waals surface area contributed by atoms with Crippen molar-refractivity contribution < 1.29 is 31.1 Å². The third-order valence-corrected chi connectivity index (χ3v) is 8.36. The number of rotatable bonds is 20. The molecule has 3 aromatic rings. The van der Waals surface area contributed by atoms with E-state index in [1.54, 1.807) is 18.3 Å². The summed E-state index contributed by atoms with van der Waals surface area (Å²) in [4.78, 5) is 15.6. The molecule has 226 valence electrons. The number of amides is 1. The lowest BCUT2D eigenvalue weighted by atomic mass is 10.1. The lowest BCUT2D eigenvalue weighted by Gasteiger charge is -2.21. The highest BCUT2D eigenvalue weighted by Crippen LogP contribution is 2.19. The third kappa shape index (κ3) is 14.0. The predicted molar refractivity (Wildman–Crippen MR) is 170 cm³/mol. The zero-order chi connectivity index (χ0) is 28.4. The van der Waals surface area contributed by atoms with E-state index in [2.05, 4.69) is 72.6 Å². The van der Waals surface area contributed by atoms with Gasteiger partial charge in [0.05, 0.1) is 11.5 Å². The zero-order valence-corrected chi connectivity index (χ0v) is 28.0. The third-order valence-electron chi connectivity index (χ3n) is 7.50. The molecular formula is C35H51BrN2O2S. The second-order valence-electron chi connectivity index (χ2n) is 11.1. The Morgan fingerprint density at radius 2 is 1.49 bits per heavy atom. The number of unbranched alkanes of at least 4 members (excludes halogenated alkanes) is 11. The molecule has 0 aliphatic rings. The van der Waals surface area contributed by atoms with Gasteiger partial charge in [-0.25, -0.2) is 0 Å². The quantitative estimate of drug-likeness (QED) is 0.111. The second kappa shape index (κ2) is 20.7. The minimum Gasteiger partial charge on any atom is -1.00 e. The number of hydrogen-bond acceptors (Lipinski definition) is 3. The van der Waals surface area contributed by atoms with Crippen molar-refractivity contribution in [2.24, 2.45) is 0 Å². The molecule has 1 aromatic heterocycles. The SMILES string of the molecule is CCCCCCCCCCCCCCOc1cccc(CCN(C(C)=O)c2ccc(C[n+]3csc(C)c3)cc2)c1.[Br-]. The van der Waals surface area contributed by atoms with Gasteiger partial charge in [-0.2, -0.15) is 4.57 Å². The molecule has 0 bridgehead atoms. The number of halogens is 1. The standard InChI is InChI=1S/C35H51N2O2S.BrH/c1-4-5-6-7-8-9-10-11-12-13-14-15-25-39-35-18-16-17-32(26-35)23-24-37(31(3)38)34-21-19-33(20-22-34)28-36-27-30(2)40-29-36;/h16-22,26-27,29H,4-15,23-25,28H2,1-3H3;1H/q+1;/p-1. The van der Waals surface area contributed by atoms with E-state index >= 15 is 0 Å². The molecule has 3 rings (SSSR count).